The number of aromatic hydroxyl groups is 1. The highest BCUT2D eigenvalue weighted by molar-refractivity contribution is 5.80. The van der Waals surface area contributed by atoms with Gasteiger partial charge < -0.3 is 5.11 Å². The molecule has 0 saturated heterocycles. The van der Waals surface area contributed by atoms with E-state index in [0.29, 0.717) is 5.56 Å². The topological polar surface area (TPSA) is 37.3 Å². The van der Waals surface area contributed by atoms with Gasteiger partial charge in [0.15, 0.2) is 6.29 Å². The van der Waals surface area contributed by atoms with Crippen LogP contribution in [-0.2, 0) is 5.41 Å². The first-order valence-corrected chi connectivity index (χ1v) is 7.89. The number of hydrogen-bond donors (Lipinski definition) is 1. The van der Waals surface area contributed by atoms with Crippen LogP contribution in [-0.4, -0.2) is 11.4 Å². The number of benzene rings is 1. The van der Waals surface area contributed by atoms with E-state index < -0.39 is 0 Å². The molecule has 0 radical (unpaired) electrons. The largest absolute Gasteiger partial charge is 0.507 e. The van der Waals surface area contributed by atoms with Gasteiger partial charge in [0, 0.05) is 11.0 Å². The van der Waals surface area contributed by atoms with Crippen molar-refractivity contribution < 1.29 is 9.90 Å². The predicted molar refractivity (Wildman–Crippen MR) is 78.1 cm³/mol. The molecule has 4 aliphatic rings. The van der Waals surface area contributed by atoms with Crippen molar-refractivity contribution in [2.75, 3.05) is 0 Å². The maximum absolute atomic E-state index is 11.2. The fraction of sp³-hybridized carbons (Fsp3) is 0.611. The smallest absolute Gasteiger partial charge is 0.153 e. The van der Waals surface area contributed by atoms with Crippen LogP contribution in [0.4, 0.5) is 0 Å². The number of aldehydes is 1. The van der Waals surface area contributed by atoms with Gasteiger partial charge in [-0.05, 0) is 74.8 Å². The number of aryl methyl sites for hydroxylation is 1. The number of carbonyl (C=O) groups excluding carboxylic acids is 1. The summed E-state index contributed by atoms with van der Waals surface area (Å²) in [4.78, 5) is 11.2. The number of phenolic OH excluding ortho intramolecular Hbond substituents is 1. The third kappa shape index (κ3) is 1.60. The van der Waals surface area contributed by atoms with Gasteiger partial charge in [0.25, 0.3) is 0 Å². The molecule has 0 atom stereocenters. The Morgan fingerprint density at radius 2 is 1.65 bits per heavy atom. The molecule has 2 heteroatoms. The zero-order chi connectivity index (χ0) is 13.9. The first-order valence-electron chi connectivity index (χ1n) is 7.89. The van der Waals surface area contributed by atoms with Crippen molar-refractivity contribution in [3.8, 4) is 5.75 Å². The molecule has 5 rings (SSSR count). The summed E-state index contributed by atoms with van der Waals surface area (Å²) < 4.78 is 0. The molecule has 4 saturated carbocycles. The second kappa shape index (κ2) is 4.09. The molecule has 0 heterocycles. The summed E-state index contributed by atoms with van der Waals surface area (Å²) in [5, 5.41) is 10.6. The van der Waals surface area contributed by atoms with Crippen LogP contribution in [0.1, 0.15) is 60.0 Å². The fourth-order valence-corrected chi connectivity index (χ4v) is 5.89. The summed E-state index contributed by atoms with van der Waals surface area (Å²) >= 11 is 0. The molecule has 1 aromatic rings. The molecule has 1 aromatic carbocycles. The Labute approximate surface area is 120 Å². The Balaban J connectivity index is 1.86. The minimum atomic E-state index is 0.155. The Kier molecular flexibility index (Phi) is 2.55. The van der Waals surface area contributed by atoms with Gasteiger partial charge >= 0.3 is 0 Å². The highest BCUT2D eigenvalue weighted by atomic mass is 16.3. The highest BCUT2D eigenvalue weighted by Crippen LogP contribution is 2.62. The van der Waals surface area contributed by atoms with Crippen LogP contribution < -0.4 is 0 Å². The summed E-state index contributed by atoms with van der Waals surface area (Å²) in [5.74, 6) is 2.81. The van der Waals surface area contributed by atoms with E-state index in [0.717, 1.165) is 35.2 Å². The van der Waals surface area contributed by atoms with Gasteiger partial charge in [-0.1, -0.05) is 6.07 Å². The van der Waals surface area contributed by atoms with E-state index in [1.54, 1.807) is 6.07 Å². The lowest BCUT2D eigenvalue weighted by Crippen LogP contribution is -2.48. The van der Waals surface area contributed by atoms with Gasteiger partial charge in [0.2, 0.25) is 0 Å². The Bertz CT molecular complexity index is 538. The zero-order valence-electron chi connectivity index (χ0n) is 12.1. The lowest BCUT2D eigenvalue weighted by Gasteiger charge is -2.57. The minimum Gasteiger partial charge on any atom is -0.507 e. The molecule has 0 aliphatic heterocycles. The number of hydrogen-bond acceptors (Lipinski definition) is 2. The van der Waals surface area contributed by atoms with Crippen LogP contribution in [0.3, 0.4) is 0 Å². The molecule has 4 aliphatic carbocycles. The van der Waals surface area contributed by atoms with Gasteiger partial charge in [-0.3, -0.25) is 4.79 Å². The van der Waals surface area contributed by atoms with Crippen molar-refractivity contribution in [1.29, 1.82) is 0 Å². The molecular weight excluding hydrogens is 248 g/mol. The van der Waals surface area contributed by atoms with Crippen molar-refractivity contribution in [1.82, 2.24) is 0 Å². The lowest BCUT2D eigenvalue weighted by molar-refractivity contribution is -0.00643. The quantitative estimate of drug-likeness (QED) is 0.825. The minimum absolute atomic E-state index is 0.155. The van der Waals surface area contributed by atoms with Crippen LogP contribution in [0.25, 0.3) is 0 Å². The molecular formula is C18H22O2. The number of carbonyl (C=O) groups is 1. The van der Waals surface area contributed by atoms with Crippen LogP contribution in [0.2, 0.25) is 0 Å². The van der Waals surface area contributed by atoms with E-state index in [2.05, 4.69) is 6.92 Å². The van der Waals surface area contributed by atoms with Crippen molar-refractivity contribution in [3.63, 3.8) is 0 Å². The molecule has 20 heavy (non-hydrogen) atoms. The second-order valence-electron chi connectivity index (χ2n) is 7.51. The molecule has 0 spiro atoms. The summed E-state index contributed by atoms with van der Waals surface area (Å²) in [5.41, 5.74) is 2.87. The van der Waals surface area contributed by atoms with E-state index in [-0.39, 0.29) is 11.2 Å². The van der Waals surface area contributed by atoms with Crippen molar-refractivity contribution >= 4 is 6.29 Å². The fourth-order valence-electron chi connectivity index (χ4n) is 5.89. The third-order valence-electron chi connectivity index (χ3n) is 6.11. The summed E-state index contributed by atoms with van der Waals surface area (Å²) in [6.45, 7) is 2.09. The molecule has 1 N–H and O–H groups in total. The van der Waals surface area contributed by atoms with Crippen LogP contribution >= 0.6 is 0 Å². The van der Waals surface area contributed by atoms with E-state index in [9.17, 15) is 9.90 Å². The standard InChI is InChI=1S/C18H22O2/c1-11-2-3-15(10-19)17(20)16(11)18-7-12-4-13(8-18)6-14(5-12)9-18/h2-3,10,12-14,20H,4-9H2,1H3. The van der Waals surface area contributed by atoms with Crippen molar-refractivity contribution in [2.45, 2.75) is 50.9 Å². The van der Waals surface area contributed by atoms with E-state index in [1.807, 2.05) is 6.07 Å². The summed E-state index contributed by atoms with van der Waals surface area (Å²) in [7, 11) is 0. The first kappa shape index (κ1) is 12.4. The van der Waals surface area contributed by atoms with E-state index >= 15 is 0 Å². The molecule has 0 amide bonds. The van der Waals surface area contributed by atoms with Gasteiger partial charge in [0.1, 0.15) is 5.75 Å². The maximum Gasteiger partial charge on any atom is 0.153 e. The molecule has 2 nitrogen and oxygen atoms in total. The molecule has 0 aromatic heterocycles. The Hall–Kier alpha value is -1.31. The second-order valence-corrected chi connectivity index (χ2v) is 7.51. The van der Waals surface area contributed by atoms with Crippen molar-refractivity contribution in [3.05, 3.63) is 28.8 Å². The number of phenols is 1. The summed E-state index contributed by atoms with van der Waals surface area (Å²) in [6.07, 6.45) is 8.63. The van der Waals surface area contributed by atoms with E-state index in [1.165, 1.54) is 38.5 Å². The first-order chi connectivity index (χ1) is 9.61. The average Bonchev–Trinajstić information content (AvgIpc) is 2.37. The number of rotatable bonds is 2. The monoisotopic (exact) mass is 270 g/mol. The van der Waals surface area contributed by atoms with E-state index in [4.69, 9.17) is 0 Å². The molecule has 0 unspecified atom stereocenters. The predicted octanol–water partition coefficient (Wildman–Crippen LogP) is 3.98. The maximum atomic E-state index is 11.2. The Morgan fingerprint density at radius 3 is 2.15 bits per heavy atom. The zero-order valence-corrected chi connectivity index (χ0v) is 12.1. The van der Waals surface area contributed by atoms with Gasteiger partial charge in [-0.15, -0.1) is 0 Å². The van der Waals surface area contributed by atoms with Crippen LogP contribution in [0.5, 0.6) is 5.75 Å². The van der Waals surface area contributed by atoms with Gasteiger partial charge in [-0.25, -0.2) is 0 Å². The summed E-state index contributed by atoms with van der Waals surface area (Å²) in [6, 6.07) is 3.76. The SMILES string of the molecule is Cc1ccc(C=O)c(O)c1C12CC3CC(CC(C3)C1)C2. The Morgan fingerprint density at radius 1 is 1.10 bits per heavy atom. The average molecular weight is 270 g/mol. The van der Waals surface area contributed by atoms with Gasteiger partial charge in [-0.2, -0.15) is 0 Å². The van der Waals surface area contributed by atoms with Crippen molar-refractivity contribution in [2.24, 2.45) is 17.8 Å². The normalized spacial score (nSPS) is 38.1. The molecule has 4 bridgehead atoms. The molecule has 4 fully saturated rings. The molecule has 106 valence electrons. The van der Waals surface area contributed by atoms with Crippen LogP contribution in [0.15, 0.2) is 12.1 Å². The van der Waals surface area contributed by atoms with Crippen LogP contribution in [0, 0.1) is 24.7 Å². The lowest BCUT2D eigenvalue weighted by atomic mass is 9.47. The third-order valence-corrected chi connectivity index (χ3v) is 6.11. The van der Waals surface area contributed by atoms with Gasteiger partial charge in [0.05, 0.1) is 5.56 Å². The highest BCUT2D eigenvalue weighted by Gasteiger charge is 2.52.